The first-order chi connectivity index (χ1) is 9.05. The lowest BCUT2D eigenvalue weighted by Gasteiger charge is -2.40. The molecule has 1 unspecified atom stereocenters. The van der Waals surface area contributed by atoms with Crippen LogP contribution in [0.5, 0.6) is 0 Å². The topological polar surface area (TPSA) is 38.0 Å². The maximum Gasteiger partial charge on any atom is 0.127 e. The molecule has 106 valence electrons. The van der Waals surface area contributed by atoms with Crippen LogP contribution in [0.4, 0.5) is 4.39 Å². The molecule has 2 nitrogen and oxygen atoms in total. The van der Waals surface area contributed by atoms with Gasteiger partial charge in [0.25, 0.3) is 0 Å². The zero-order valence-electron chi connectivity index (χ0n) is 11.4. The van der Waals surface area contributed by atoms with E-state index in [2.05, 4.69) is 28.3 Å². The van der Waals surface area contributed by atoms with Crippen LogP contribution >= 0.6 is 15.9 Å². The van der Waals surface area contributed by atoms with Crippen molar-refractivity contribution in [2.24, 2.45) is 11.3 Å². The molecule has 0 radical (unpaired) electrons. The van der Waals surface area contributed by atoms with Crippen molar-refractivity contribution >= 4 is 15.9 Å². The summed E-state index contributed by atoms with van der Waals surface area (Å²) in [4.78, 5) is 0. The van der Waals surface area contributed by atoms with E-state index in [9.17, 15) is 4.39 Å². The summed E-state index contributed by atoms with van der Waals surface area (Å²) < 4.78 is 14.7. The summed E-state index contributed by atoms with van der Waals surface area (Å²) in [7, 11) is 0. The molecule has 4 heteroatoms. The van der Waals surface area contributed by atoms with Gasteiger partial charge in [0.05, 0.1) is 0 Å². The number of benzene rings is 1. The molecule has 0 aliphatic heterocycles. The molecule has 1 aliphatic rings. The number of nitrogens with two attached hydrogens (primary N) is 1. The first-order valence-electron chi connectivity index (χ1n) is 6.95. The van der Waals surface area contributed by atoms with Gasteiger partial charge in [-0.2, -0.15) is 0 Å². The molecule has 0 heterocycles. The highest BCUT2D eigenvalue weighted by molar-refractivity contribution is 9.10. The summed E-state index contributed by atoms with van der Waals surface area (Å²) in [5.41, 5.74) is 3.83. The van der Waals surface area contributed by atoms with E-state index in [1.807, 2.05) is 12.1 Å². The van der Waals surface area contributed by atoms with Gasteiger partial charge < -0.3 is 0 Å². The van der Waals surface area contributed by atoms with Crippen molar-refractivity contribution in [2.45, 2.75) is 51.5 Å². The molecule has 2 rings (SSSR count). The van der Waals surface area contributed by atoms with E-state index in [1.165, 1.54) is 38.2 Å². The number of rotatable bonds is 4. The summed E-state index contributed by atoms with van der Waals surface area (Å²) in [6, 6.07) is 5.38. The normalized spacial score (nSPS) is 20.2. The van der Waals surface area contributed by atoms with Crippen LogP contribution in [-0.2, 0) is 6.42 Å². The number of hydrazine groups is 1. The van der Waals surface area contributed by atoms with Crippen LogP contribution < -0.4 is 11.3 Å². The van der Waals surface area contributed by atoms with Crippen LogP contribution in [0, 0.1) is 11.2 Å². The minimum atomic E-state index is -0.158. The van der Waals surface area contributed by atoms with Crippen LogP contribution in [0.15, 0.2) is 22.7 Å². The van der Waals surface area contributed by atoms with Gasteiger partial charge in [0.2, 0.25) is 0 Å². The minimum Gasteiger partial charge on any atom is -0.271 e. The van der Waals surface area contributed by atoms with E-state index in [1.54, 1.807) is 0 Å². The predicted octanol–water partition coefficient (Wildman–Crippen LogP) is 3.93. The second-order valence-corrected chi connectivity index (χ2v) is 6.79. The van der Waals surface area contributed by atoms with E-state index in [0.717, 1.165) is 10.0 Å². The van der Waals surface area contributed by atoms with Crippen LogP contribution in [-0.4, -0.2) is 6.04 Å². The second-order valence-electron chi connectivity index (χ2n) is 5.87. The molecule has 0 spiro atoms. The van der Waals surface area contributed by atoms with Crippen LogP contribution in [0.25, 0.3) is 0 Å². The van der Waals surface area contributed by atoms with Crippen LogP contribution in [0.2, 0.25) is 0 Å². The van der Waals surface area contributed by atoms with Crippen molar-refractivity contribution in [3.8, 4) is 0 Å². The van der Waals surface area contributed by atoms with Gasteiger partial charge in [0.1, 0.15) is 5.82 Å². The smallest absolute Gasteiger partial charge is 0.127 e. The lowest BCUT2D eigenvalue weighted by atomic mass is 9.69. The van der Waals surface area contributed by atoms with Crippen molar-refractivity contribution in [1.29, 1.82) is 0 Å². The molecule has 0 bridgehead atoms. The van der Waals surface area contributed by atoms with Gasteiger partial charge in [-0.3, -0.25) is 11.3 Å². The average Bonchev–Trinajstić information content (AvgIpc) is 2.38. The maximum atomic E-state index is 13.9. The summed E-state index contributed by atoms with van der Waals surface area (Å²) in [6.07, 6.45) is 6.78. The molecule has 0 aromatic heterocycles. The molecule has 0 saturated heterocycles. The molecule has 1 saturated carbocycles. The van der Waals surface area contributed by atoms with E-state index in [4.69, 9.17) is 5.84 Å². The summed E-state index contributed by atoms with van der Waals surface area (Å²) in [6.45, 7) is 2.27. The Balaban J connectivity index is 2.14. The Morgan fingerprint density at radius 2 is 2.05 bits per heavy atom. The van der Waals surface area contributed by atoms with Crippen molar-refractivity contribution < 1.29 is 4.39 Å². The quantitative estimate of drug-likeness (QED) is 0.649. The van der Waals surface area contributed by atoms with Gasteiger partial charge in [-0.25, -0.2) is 4.39 Å². The van der Waals surface area contributed by atoms with E-state index >= 15 is 0 Å². The molecular weight excluding hydrogens is 307 g/mol. The molecule has 19 heavy (non-hydrogen) atoms. The number of halogens is 2. The second kappa shape index (κ2) is 6.33. The molecular formula is C15H22BrFN2. The average molecular weight is 329 g/mol. The Morgan fingerprint density at radius 1 is 1.37 bits per heavy atom. The molecule has 3 N–H and O–H groups in total. The SMILES string of the molecule is CC1(C(Cc2ccc(Br)cc2F)NN)CCCCC1. The van der Waals surface area contributed by atoms with E-state index < -0.39 is 0 Å². The highest BCUT2D eigenvalue weighted by Gasteiger charge is 2.35. The fourth-order valence-electron chi connectivity index (χ4n) is 3.12. The summed E-state index contributed by atoms with van der Waals surface area (Å²) in [5.74, 6) is 5.58. The van der Waals surface area contributed by atoms with E-state index in [0.29, 0.717) is 6.42 Å². The Hall–Kier alpha value is -0.450. The number of hydrogen-bond donors (Lipinski definition) is 2. The third-order valence-corrected chi connectivity index (χ3v) is 4.97. The van der Waals surface area contributed by atoms with Crippen molar-refractivity contribution in [2.75, 3.05) is 0 Å². The van der Waals surface area contributed by atoms with Gasteiger partial charge in [0, 0.05) is 10.5 Å². The molecule has 1 aliphatic carbocycles. The van der Waals surface area contributed by atoms with E-state index in [-0.39, 0.29) is 17.3 Å². The Morgan fingerprint density at radius 3 is 2.63 bits per heavy atom. The van der Waals surface area contributed by atoms with Crippen molar-refractivity contribution in [1.82, 2.24) is 5.43 Å². The van der Waals surface area contributed by atoms with Crippen molar-refractivity contribution in [3.05, 3.63) is 34.1 Å². The highest BCUT2D eigenvalue weighted by atomic mass is 79.9. The highest BCUT2D eigenvalue weighted by Crippen LogP contribution is 2.39. The Bertz CT molecular complexity index is 430. The Labute approximate surface area is 123 Å². The fraction of sp³-hybridized carbons (Fsp3) is 0.600. The first kappa shape index (κ1) is 14.9. The number of hydrogen-bond acceptors (Lipinski definition) is 2. The summed E-state index contributed by atoms with van der Waals surface area (Å²) in [5, 5.41) is 0. The van der Waals surface area contributed by atoms with Gasteiger partial charge in [-0.05, 0) is 42.4 Å². The standard InChI is InChI=1S/C15H22BrFN2/c1-15(7-3-2-4-8-15)14(19-18)9-11-5-6-12(16)10-13(11)17/h5-6,10,14,19H,2-4,7-9,18H2,1H3. The van der Waals surface area contributed by atoms with Gasteiger partial charge in [-0.1, -0.05) is 48.2 Å². The maximum absolute atomic E-state index is 13.9. The molecule has 1 aromatic rings. The third-order valence-electron chi connectivity index (χ3n) is 4.48. The molecule has 1 fully saturated rings. The van der Waals surface area contributed by atoms with Gasteiger partial charge in [-0.15, -0.1) is 0 Å². The third kappa shape index (κ3) is 3.56. The summed E-state index contributed by atoms with van der Waals surface area (Å²) >= 11 is 3.29. The molecule has 0 amide bonds. The van der Waals surface area contributed by atoms with Gasteiger partial charge >= 0.3 is 0 Å². The molecule has 1 aromatic carbocycles. The minimum absolute atomic E-state index is 0.128. The fourth-order valence-corrected chi connectivity index (χ4v) is 3.45. The van der Waals surface area contributed by atoms with Crippen LogP contribution in [0.3, 0.4) is 0 Å². The largest absolute Gasteiger partial charge is 0.271 e. The zero-order chi connectivity index (χ0) is 13.9. The predicted molar refractivity (Wildman–Crippen MR) is 80.1 cm³/mol. The molecule has 1 atom stereocenters. The first-order valence-corrected chi connectivity index (χ1v) is 7.74. The lowest BCUT2D eigenvalue weighted by Crippen LogP contribution is -2.49. The lowest BCUT2D eigenvalue weighted by molar-refractivity contribution is 0.143. The van der Waals surface area contributed by atoms with Crippen LogP contribution in [0.1, 0.15) is 44.6 Å². The van der Waals surface area contributed by atoms with Crippen molar-refractivity contribution in [3.63, 3.8) is 0 Å². The Kier molecular flexibility index (Phi) is 4.98. The monoisotopic (exact) mass is 328 g/mol. The zero-order valence-corrected chi connectivity index (χ0v) is 13.0. The van der Waals surface area contributed by atoms with Gasteiger partial charge in [0.15, 0.2) is 0 Å². The number of nitrogens with one attached hydrogen (secondary N) is 1.